The van der Waals surface area contributed by atoms with Gasteiger partial charge in [-0.05, 0) is 49.6 Å². The summed E-state index contributed by atoms with van der Waals surface area (Å²) < 4.78 is 13.3. The highest BCUT2D eigenvalue weighted by Crippen LogP contribution is 2.32. The van der Waals surface area contributed by atoms with Crippen LogP contribution in [0, 0.1) is 0 Å². The summed E-state index contributed by atoms with van der Waals surface area (Å²) in [6, 6.07) is 6.52. The predicted octanol–water partition coefficient (Wildman–Crippen LogP) is 2.86. The highest BCUT2D eigenvalue weighted by Gasteiger charge is 2.13. The van der Waals surface area contributed by atoms with Crippen LogP contribution in [0.15, 0.2) is 30.6 Å². The highest BCUT2D eigenvalue weighted by atomic mass is 16.5. The van der Waals surface area contributed by atoms with Crippen molar-refractivity contribution in [3.05, 3.63) is 41.7 Å². The standard InChI is InChI=1S/C18H25N3O2/c1-14(19-8-3-5-15-12-20-21(2)13-15)16-6-7-17-18(11-16)23-10-4-9-22-17/h6-7,11-14,19H,3-5,8-10H2,1-2H3/t14-/m1/s1. The zero-order chi connectivity index (χ0) is 16.1. The van der Waals surface area contributed by atoms with Crippen LogP contribution in [-0.2, 0) is 13.5 Å². The molecule has 124 valence electrons. The Bertz CT molecular complexity index is 639. The van der Waals surface area contributed by atoms with Gasteiger partial charge >= 0.3 is 0 Å². The van der Waals surface area contributed by atoms with Gasteiger partial charge in [0.05, 0.1) is 19.4 Å². The number of fused-ring (bicyclic) bond motifs is 1. The van der Waals surface area contributed by atoms with Gasteiger partial charge in [-0.2, -0.15) is 5.10 Å². The minimum Gasteiger partial charge on any atom is -0.490 e. The van der Waals surface area contributed by atoms with Crippen molar-refractivity contribution in [2.45, 2.75) is 32.2 Å². The van der Waals surface area contributed by atoms with Crippen molar-refractivity contribution in [1.82, 2.24) is 15.1 Å². The van der Waals surface area contributed by atoms with Crippen molar-refractivity contribution in [3.8, 4) is 11.5 Å². The largest absolute Gasteiger partial charge is 0.490 e. The molecule has 0 bridgehead atoms. The molecule has 23 heavy (non-hydrogen) atoms. The molecule has 0 saturated heterocycles. The van der Waals surface area contributed by atoms with E-state index in [0.29, 0.717) is 6.04 Å². The summed E-state index contributed by atoms with van der Waals surface area (Å²) in [4.78, 5) is 0. The van der Waals surface area contributed by atoms with E-state index < -0.39 is 0 Å². The van der Waals surface area contributed by atoms with Gasteiger partial charge in [-0.15, -0.1) is 0 Å². The molecule has 0 fully saturated rings. The summed E-state index contributed by atoms with van der Waals surface area (Å²) in [5.41, 5.74) is 2.52. The van der Waals surface area contributed by atoms with Crippen molar-refractivity contribution in [2.24, 2.45) is 7.05 Å². The molecule has 1 aliphatic rings. The van der Waals surface area contributed by atoms with Gasteiger partial charge in [-0.25, -0.2) is 0 Å². The van der Waals surface area contributed by atoms with E-state index in [4.69, 9.17) is 9.47 Å². The number of nitrogens with one attached hydrogen (secondary N) is 1. The van der Waals surface area contributed by atoms with E-state index in [-0.39, 0.29) is 0 Å². The minimum absolute atomic E-state index is 0.293. The molecule has 1 N–H and O–H groups in total. The predicted molar refractivity (Wildman–Crippen MR) is 90.0 cm³/mol. The molecular weight excluding hydrogens is 290 g/mol. The number of benzene rings is 1. The van der Waals surface area contributed by atoms with E-state index in [9.17, 15) is 0 Å². The van der Waals surface area contributed by atoms with Crippen LogP contribution in [0.4, 0.5) is 0 Å². The summed E-state index contributed by atoms with van der Waals surface area (Å²) >= 11 is 0. The highest BCUT2D eigenvalue weighted by molar-refractivity contribution is 5.44. The lowest BCUT2D eigenvalue weighted by atomic mass is 10.1. The molecule has 2 heterocycles. The number of aryl methyl sites for hydroxylation is 2. The number of hydrogen-bond donors (Lipinski definition) is 1. The third-order valence-corrected chi connectivity index (χ3v) is 4.12. The first kappa shape index (κ1) is 15.9. The van der Waals surface area contributed by atoms with Gasteiger partial charge in [0.1, 0.15) is 0 Å². The molecule has 0 saturated carbocycles. The SMILES string of the molecule is C[C@@H](NCCCc1cnn(C)c1)c1ccc2c(c1)OCCCO2. The van der Waals surface area contributed by atoms with Gasteiger partial charge < -0.3 is 14.8 Å². The van der Waals surface area contributed by atoms with E-state index in [1.807, 2.05) is 24.0 Å². The second-order valence-corrected chi connectivity index (χ2v) is 6.06. The molecule has 1 aliphatic heterocycles. The van der Waals surface area contributed by atoms with Crippen molar-refractivity contribution in [2.75, 3.05) is 19.8 Å². The molecule has 5 nitrogen and oxygen atoms in total. The van der Waals surface area contributed by atoms with Crippen LogP contribution in [0.1, 0.15) is 36.9 Å². The van der Waals surface area contributed by atoms with Crippen LogP contribution in [0.2, 0.25) is 0 Å². The summed E-state index contributed by atoms with van der Waals surface area (Å²) in [6.07, 6.45) is 7.10. The molecule has 1 aromatic carbocycles. The van der Waals surface area contributed by atoms with Crippen molar-refractivity contribution < 1.29 is 9.47 Å². The lowest BCUT2D eigenvalue weighted by Crippen LogP contribution is -2.20. The Hall–Kier alpha value is -2.01. The maximum absolute atomic E-state index is 5.76. The Labute approximate surface area is 137 Å². The van der Waals surface area contributed by atoms with Crippen molar-refractivity contribution in [3.63, 3.8) is 0 Å². The van der Waals surface area contributed by atoms with Gasteiger partial charge in [0.15, 0.2) is 11.5 Å². The van der Waals surface area contributed by atoms with E-state index in [0.717, 1.165) is 50.5 Å². The van der Waals surface area contributed by atoms with Gasteiger partial charge in [-0.3, -0.25) is 4.68 Å². The molecule has 1 aromatic heterocycles. The van der Waals surface area contributed by atoms with Crippen molar-refractivity contribution >= 4 is 0 Å². The number of nitrogens with zero attached hydrogens (tertiary/aromatic N) is 2. The molecule has 2 aromatic rings. The Morgan fingerprint density at radius 3 is 2.87 bits per heavy atom. The summed E-state index contributed by atoms with van der Waals surface area (Å²) in [7, 11) is 1.95. The van der Waals surface area contributed by atoms with Gasteiger partial charge in [0.2, 0.25) is 0 Å². The summed E-state index contributed by atoms with van der Waals surface area (Å²) in [5, 5.41) is 7.77. The van der Waals surface area contributed by atoms with Crippen LogP contribution in [-0.4, -0.2) is 29.5 Å². The monoisotopic (exact) mass is 315 g/mol. The number of hydrogen-bond acceptors (Lipinski definition) is 4. The third-order valence-electron chi connectivity index (χ3n) is 4.12. The zero-order valence-electron chi connectivity index (χ0n) is 13.9. The zero-order valence-corrected chi connectivity index (χ0v) is 13.9. The first-order valence-electron chi connectivity index (χ1n) is 8.33. The fourth-order valence-electron chi connectivity index (χ4n) is 2.78. The topological polar surface area (TPSA) is 48.3 Å². The minimum atomic E-state index is 0.293. The normalized spacial score (nSPS) is 15.2. The van der Waals surface area contributed by atoms with Crippen LogP contribution >= 0.6 is 0 Å². The lowest BCUT2D eigenvalue weighted by molar-refractivity contribution is 0.297. The van der Waals surface area contributed by atoms with Crippen LogP contribution in [0.25, 0.3) is 0 Å². The Morgan fingerprint density at radius 1 is 1.26 bits per heavy atom. The Balaban J connectivity index is 1.50. The fraction of sp³-hybridized carbons (Fsp3) is 0.500. The number of rotatable bonds is 6. The average Bonchev–Trinajstić information content (AvgIpc) is 2.83. The molecule has 0 aliphatic carbocycles. The van der Waals surface area contributed by atoms with Crippen molar-refractivity contribution in [1.29, 1.82) is 0 Å². The second kappa shape index (κ2) is 7.51. The van der Waals surface area contributed by atoms with E-state index in [1.165, 1.54) is 11.1 Å². The van der Waals surface area contributed by atoms with E-state index in [1.54, 1.807) is 0 Å². The van der Waals surface area contributed by atoms with Crippen LogP contribution in [0.3, 0.4) is 0 Å². The number of aromatic nitrogens is 2. The molecule has 0 spiro atoms. The molecule has 0 radical (unpaired) electrons. The fourth-order valence-corrected chi connectivity index (χ4v) is 2.78. The third kappa shape index (κ3) is 4.26. The maximum atomic E-state index is 5.76. The van der Waals surface area contributed by atoms with E-state index >= 15 is 0 Å². The molecule has 0 amide bonds. The maximum Gasteiger partial charge on any atom is 0.161 e. The average molecular weight is 315 g/mol. The molecule has 1 atom stereocenters. The second-order valence-electron chi connectivity index (χ2n) is 6.06. The molecule has 5 heteroatoms. The Kier molecular flexibility index (Phi) is 5.18. The smallest absolute Gasteiger partial charge is 0.161 e. The van der Waals surface area contributed by atoms with Crippen LogP contribution in [0.5, 0.6) is 11.5 Å². The van der Waals surface area contributed by atoms with E-state index in [2.05, 4.69) is 35.7 Å². The van der Waals surface area contributed by atoms with Gasteiger partial charge in [0.25, 0.3) is 0 Å². The molecular formula is C18H25N3O2. The molecule has 0 unspecified atom stereocenters. The first-order chi connectivity index (χ1) is 11.2. The quantitative estimate of drug-likeness (QED) is 0.833. The van der Waals surface area contributed by atoms with Gasteiger partial charge in [0, 0.05) is 25.7 Å². The van der Waals surface area contributed by atoms with Gasteiger partial charge in [-0.1, -0.05) is 6.07 Å². The van der Waals surface area contributed by atoms with Crippen LogP contribution < -0.4 is 14.8 Å². The number of ether oxygens (including phenoxy) is 2. The summed E-state index contributed by atoms with van der Waals surface area (Å²) in [6.45, 7) is 4.62. The first-order valence-corrected chi connectivity index (χ1v) is 8.33. The lowest BCUT2D eigenvalue weighted by Gasteiger charge is -2.16. The summed E-state index contributed by atoms with van der Waals surface area (Å²) in [5.74, 6) is 1.72. The molecule has 3 rings (SSSR count). The Morgan fingerprint density at radius 2 is 2.09 bits per heavy atom.